The molecule has 1 aromatic rings. The van der Waals surface area contributed by atoms with Crippen molar-refractivity contribution in [2.45, 2.75) is 45.1 Å². The molecule has 0 aromatic heterocycles. The molecule has 0 radical (unpaired) electrons. The van der Waals surface area contributed by atoms with E-state index < -0.39 is 0 Å². The van der Waals surface area contributed by atoms with E-state index in [2.05, 4.69) is 10.2 Å². The van der Waals surface area contributed by atoms with Gasteiger partial charge in [-0.05, 0) is 43.0 Å². The van der Waals surface area contributed by atoms with Crippen LogP contribution in [0.25, 0.3) is 0 Å². The van der Waals surface area contributed by atoms with Crippen LogP contribution in [0.5, 0.6) is 5.75 Å². The Morgan fingerprint density at radius 3 is 2.30 bits per heavy atom. The molecule has 6 heteroatoms. The van der Waals surface area contributed by atoms with Crippen LogP contribution in [0.2, 0.25) is 0 Å². The first-order valence-electron chi connectivity index (χ1n) is 10.1. The van der Waals surface area contributed by atoms with E-state index in [0.29, 0.717) is 25.4 Å². The Morgan fingerprint density at radius 2 is 1.74 bits per heavy atom. The number of hydrogen-bond donors (Lipinski definition) is 1. The maximum Gasteiger partial charge on any atom is 0.242 e. The Balaban J connectivity index is 1.67. The highest BCUT2D eigenvalue weighted by molar-refractivity contribution is 5.95. The van der Waals surface area contributed by atoms with Gasteiger partial charge in [-0.3, -0.25) is 14.5 Å². The second-order valence-electron chi connectivity index (χ2n) is 7.48. The number of rotatable bonds is 6. The van der Waals surface area contributed by atoms with Crippen LogP contribution in [-0.4, -0.2) is 60.9 Å². The van der Waals surface area contributed by atoms with Crippen LogP contribution in [0.15, 0.2) is 24.3 Å². The quantitative estimate of drug-likeness (QED) is 0.833. The molecule has 2 amide bonds. The van der Waals surface area contributed by atoms with Gasteiger partial charge in [0, 0.05) is 38.3 Å². The number of carbonyl (C=O) groups excluding carboxylic acids is 2. The number of amides is 2. The molecule has 1 aliphatic carbocycles. The molecule has 0 spiro atoms. The van der Waals surface area contributed by atoms with E-state index in [1.165, 1.54) is 12.8 Å². The smallest absolute Gasteiger partial charge is 0.242 e. The average Bonchev–Trinajstić information content (AvgIpc) is 3.23. The zero-order valence-electron chi connectivity index (χ0n) is 16.4. The maximum atomic E-state index is 13.2. The second-order valence-corrected chi connectivity index (χ2v) is 7.48. The molecule has 1 saturated carbocycles. The van der Waals surface area contributed by atoms with Crippen molar-refractivity contribution in [2.75, 3.05) is 38.6 Å². The lowest BCUT2D eigenvalue weighted by Gasteiger charge is -2.40. The number of benzene rings is 1. The molecule has 2 aliphatic rings. The van der Waals surface area contributed by atoms with Crippen LogP contribution >= 0.6 is 0 Å². The number of hydrogen-bond acceptors (Lipinski definition) is 4. The van der Waals surface area contributed by atoms with Crippen molar-refractivity contribution in [3.8, 4) is 5.75 Å². The van der Waals surface area contributed by atoms with Crippen molar-refractivity contribution in [3.05, 3.63) is 24.3 Å². The number of nitrogens with one attached hydrogen (secondary N) is 1. The van der Waals surface area contributed by atoms with Gasteiger partial charge in [-0.25, -0.2) is 0 Å². The molecule has 1 unspecified atom stereocenters. The zero-order chi connectivity index (χ0) is 19.2. The van der Waals surface area contributed by atoms with E-state index >= 15 is 0 Å². The van der Waals surface area contributed by atoms with Crippen molar-refractivity contribution in [1.29, 1.82) is 0 Å². The minimum Gasteiger partial charge on any atom is -0.497 e. The lowest BCUT2D eigenvalue weighted by molar-refractivity contribution is -0.134. The first-order valence-corrected chi connectivity index (χ1v) is 10.1. The minimum absolute atomic E-state index is 0.0716. The van der Waals surface area contributed by atoms with Gasteiger partial charge in [-0.15, -0.1) is 0 Å². The Morgan fingerprint density at radius 1 is 1.11 bits per heavy atom. The van der Waals surface area contributed by atoms with E-state index in [9.17, 15) is 9.59 Å². The highest BCUT2D eigenvalue weighted by Crippen LogP contribution is 2.31. The number of anilines is 1. The third-order valence-corrected chi connectivity index (χ3v) is 5.84. The molecule has 1 heterocycles. The predicted molar refractivity (Wildman–Crippen MR) is 106 cm³/mol. The normalized spacial score (nSPS) is 19.7. The van der Waals surface area contributed by atoms with Gasteiger partial charge in [0.05, 0.1) is 13.2 Å². The second kappa shape index (κ2) is 9.22. The molecule has 6 nitrogen and oxygen atoms in total. The fourth-order valence-electron chi connectivity index (χ4n) is 4.31. The van der Waals surface area contributed by atoms with E-state index in [-0.39, 0.29) is 17.9 Å². The maximum absolute atomic E-state index is 13.2. The fourth-order valence-corrected chi connectivity index (χ4v) is 4.31. The van der Waals surface area contributed by atoms with Crippen LogP contribution in [-0.2, 0) is 9.59 Å². The van der Waals surface area contributed by atoms with Gasteiger partial charge in [0.1, 0.15) is 5.75 Å². The molecule has 1 atom stereocenters. The lowest BCUT2D eigenvalue weighted by atomic mass is 9.95. The van der Waals surface area contributed by atoms with Gasteiger partial charge in [0.2, 0.25) is 11.8 Å². The van der Waals surface area contributed by atoms with Crippen molar-refractivity contribution >= 4 is 17.5 Å². The van der Waals surface area contributed by atoms with Gasteiger partial charge in [-0.2, -0.15) is 0 Å². The summed E-state index contributed by atoms with van der Waals surface area (Å²) in [5, 5.41) is 3.10. The zero-order valence-corrected chi connectivity index (χ0v) is 16.4. The molecule has 1 aliphatic heterocycles. The van der Waals surface area contributed by atoms with Crippen LogP contribution in [0.1, 0.15) is 39.0 Å². The summed E-state index contributed by atoms with van der Waals surface area (Å²) in [4.78, 5) is 29.3. The summed E-state index contributed by atoms with van der Waals surface area (Å²) in [5.74, 6) is 1.45. The molecular weight excluding hydrogens is 342 g/mol. The summed E-state index contributed by atoms with van der Waals surface area (Å²) in [6, 6.07) is 7.35. The lowest BCUT2D eigenvalue weighted by Crippen LogP contribution is -2.56. The number of ether oxygens (including phenoxy) is 1. The Hall–Kier alpha value is -2.08. The van der Waals surface area contributed by atoms with Crippen molar-refractivity contribution in [1.82, 2.24) is 9.80 Å². The molecule has 148 valence electrons. The van der Waals surface area contributed by atoms with Gasteiger partial charge < -0.3 is 15.0 Å². The van der Waals surface area contributed by atoms with E-state index in [4.69, 9.17) is 4.74 Å². The van der Waals surface area contributed by atoms with Gasteiger partial charge in [0.15, 0.2) is 0 Å². The minimum atomic E-state index is -0.117. The van der Waals surface area contributed by atoms with E-state index in [0.717, 1.165) is 37.4 Å². The topological polar surface area (TPSA) is 61.9 Å². The monoisotopic (exact) mass is 373 g/mol. The number of piperazine rings is 1. The third kappa shape index (κ3) is 4.80. The van der Waals surface area contributed by atoms with E-state index in [1.54, 1.807) is 7.11 Å². The molecule has 3 rings (SSSR count). The van der Waals surface area contributed by atoms with Crippen LogP contribution < -0.4 is 10.1 Å². The van der Waals surface area contributed by atoms with Crippen molar-refractivity contribution in [2.24, 2.45) is 5.92 Å². The molecule has 27 heavy (non-hydrogen) atoms. The van der Waals surface area contributed by atoms with Gasteiger partial charge in [-0.1, -0.05) is 19.8 Å². The van der Waals surface area contributed by atoms with Crippen LogP contribution in [0, 0.1) is 5.92 Å². The first-order chi connectivity index (χ1) is 13.1. The summed E-state index contributed by atoms with van der Waals surface area (Å²) in [6.45, 7) is 4.86. The molecule has 1 saturated heterocycles. The molecule has 1 N–H and O–H groups in total. The van der Waals surface area contributed by atoms with Crippen LogP contribution in [0.4, 0.5) is 5.69 Å². The summed E-state index contributed by atoms with van der Waals surface area (Å²) < 4.78 is 5.18. The highest BCUT2D eigenvalue weighted by Gasteiger charge is 2.37. The van der Waals surface area contributed by atoms with Crippen LogP contribution in [0.3, 0.4) is 0 Å². The average molecular weight is 373 g/mol. The third-order valence-electron chi connectivity index (χ3n) is 5.84. The summed E-state index contributed by atoms with van der Waals surface area (Å²) >= 11 is 0. The molecule has 2 fully saturated rings. The summed E-state index contributed by atoms with van der Waals surface area (Å²) in [6.07, 6.45) is 5.16. The Bertz CT molecular complexity index is 633. The Labute approximate surface area is 161 Å². The van der Waals surface area contributed by atoms with Gasteiger partial charge >= 0.3 is 0 Å². The highest BCUT2D eigenvalue weighted by atomic mass is 16.5. The fraction of sp³-hybridized carbons (Fsp3) is 0.619. The molecule has 1 aromatic carbocycles. The number of nitrogens with zero attached hydrogens (tertiary/aromatic N) is 2. The van der Waals surface area contributed by atoms with Crippen molar-refractivity contribution < 1.29 is 14.3 Å². The summed E-state index contributed by atoms with van der Waals surface area (Å²) in [5.41, 5.74) is 0.795. The Kier molecular flexibility index (Phi) is 6.72. The van der Waals surface area contributed by atoms with Gasteiger partial charge in [0.25, 0.3) is 0 Å². The largest absolute Gasteiger partial charge is 0.497 e. The van der Waals surface area contributed by atoms with E-state index in [1.807, 2.05) is 36.1 Å². The number of methoxy groups -OCH3 is 1. The molecular formula is C21H31N3O3. The first kappa shape index (κ1) is 19.7. The SMILES string of the molecule is CCC(=O)N1CCN(C(C(=O)Nc2ccc(OC)cc2)C2CCCC2)CC1. The molecule has 0 bridgehead atoms. The standard InChI is InChI=1S/C21H31N3O3/c1-3-19(25)23-12-14-24(15-13-23)20(16-6-4-5-7-16)21(26)22-17-8-10-18(27-2)11-9-17/h8-11,16,20H,3-7,12-15H2,1-2H3,(H,22,26). The summed E-state index contributed by atoms with van der Waals surface area (Å²) in [7, 11) is 1.63. The number of carbonyl (C=O) groups is 2. The predicted octanol–water partition coefficient (Wildman–Crippen LogP) is 2.75. The van der Waals surface area contributed by atoms with Crippen molar-refractivity contribution in [3.63, 3.8) is 0 Å².